The molecule has 1 aliphatic heterocycles. The van der Waals surface area contributed by atoms with E-state index >= 15 is 0 Å². The summed E-state index contributed by atoms with van der Waals surface area (Å²) >= 11 is 3.30. The van der Waals surface area contributed by atoms with Gasteiger partial charge < -0.3 is 4.90 Å². The van der Waals surface area contributed by atoms with Crippen molar-refractivity contribution >= 4 is 29.0 Å². The van der Waals surface area contributed by atoms with Gasteiger partial charge in [-0.05, 0) is 41.5 Å². The fourth-order valence-corrected chi connectivity index (χ4v) is 5.64. The number of rotatable bonds is 7. The van der Waals surface area contributed by atoms with Gasteiger partial charge >= 0.3 is 0 Å². The lowest BCUT2D eigenvalue weighted by Crippen LogP contribution is -2.28. The van der Waals surface area contributed by atoms with Crippen molar-refractivity contribution < 1.29 is 4.79 Å². The predicted octanol–water partition coefficient (Wildman–Crippen LogP) is 5.58. The zero-order valence-corrected chi connectivity index (χ0v) is 19.3. The summed E-state index contributed by atoms with van der Waals surface area (Å²) in [6, 6.07) is 22.4. The highest BCUT2D eigenvalue weighted by atomic mass is 32.2. The largest absolute Gasteiger partial charge is 0.339 e. The minimum Gasteiger partial charge on any atom is -0.339 e. The second-order valence-corrected chi connectivity index (χ2v) is 9.69. The minimum absolute atomic E-state index is 0.142. The van der Waals surface area contributed by atoms with Gasteiger partial charge in [0.15, 0.2) is 11.0 Å². The first-order valence-corrected chi connectivity index (χ1v) is 12.7. The van der Waals surface area contributed by atoms with E-state index in [1.807, 2.05) is 41.3 Å². The van der Waals surface area contributed by atoms with Crippen molar-refractivity contribution in [2.24, 2.45) is 0 Å². The third-order valence-electron chi connectivity index (χ3n) is 5.64. The molecule has 4 aromatic rings. The third-order valence-corrected chi connectivity index (χ3v) is 7.52. The van der Waals surface area contributed by atoms with Crippen LogP contribution in [-0.4, -0.2) is 38.7 Å². The molecule has 3 heterocycles. The van der Waals surface area contributed by atoms with Crippen LogP contribution in [0.1, 0.15) is 34.3 Å². The molecule has 0 aliphatic carbocycles. The maximum absolute atomic E-state index is 13.0. The van der Waals surface area contributed by atoms with Gasteiger partial charge in [-0.2, -0.15) is 0 Å². The van der Waals surface area contributed by atoms with Crippen molar-refractivity contribution in [3.05, 3.63) is 88.8 Å². The SMILES string of the molecule is O=C(c1ccccc1CSc1nnc(-c2cccs2)n1Cc1ccccc1)N1CCCC1. The van der Waals surface area contributed by atoms with E-state index < -0.39 is 0 Å². The van der Waals surface area contributed by atoms with E-state index in [2.05, 4.69) is 50.5 Å². The van der Waals surface area contributed by atoms with Crippen LogP contribution in [0.25, 0.3) is 10.7 Å². The number of thiophene rings is 1. The minimum atomic E-state index is 0.142. The van der Waals surface area contributed by atoms with Gasteiger partial charge in [0.2, 0.25) is 0 Å². The van der Waals surface area contributed by atoms with Crippen LogP contribution in [0.5, 0.6) is 0 Å². The molecule has 0 atom stereocenters. The number of benzene rings is 2. The van der Waals surface area contributed by atoms with Crippen LogP contribution in [0.3, 0.4) is 0 Å². The van der Waals surface area contributed by atoms with E-state index in [4.69, 9.17) is 0 Å². The van der Waals surface area contributed by atoms with Gasteiger partial charge in [0.05, 0.1) is 11.4 Å². The summed E-state index contributed by atoms with van der Waals surface area (Å²) in [5.41, 5.74) is 3.05. The van der Waals surface area contributed by atoms with Crippen molar-refractivity contribution in [3.63, 3.8) is 0 Å². The smallest absolute Gasteiger partial charge is 0.254 e. The first-order chi connectivity index (χ1) is 15.8. The van der Waals surface area contributed by atoms with Crippen molar-refractivity contribution in [2.45, 2.75) is 30.3 Å². The van der Waals surface area contributed by atoms with Crippen molar-refractivity contribution in [1.82, 2.24) is 19.7 Å². The molecule has 1 saturated heterocycles. The first-order valence-electron chi connectivity index (χ1n) is 10.8. The van der Waals surface area contributed by atoms with Gasteiger partial charge in [0.25, 0.3) is 5.91 Å². The summed E-state index contributed by atoms with van der Waals surface area (Å²) in [4.78, 5) is 16.1. The van der Waals surface area contributed by atoms with Crippen LogP contribution in [-0.2, 0) is 12.3 Å². The summed E-state index contributed by atoms with van der Waals surface area (Å²) in [5, 5.41) is 12.0. The lowest BCUT2D eigenvalue weighted by molar-refractivity contribution is 0.0792. The van der Waals surface area contributed by atoms with E-state index in [-0.39, 0.29) is 5.91 Å². The summed E-state index contributed by atoms with van der Waals surface area (Å²) in [6.07, 6.45) is 2.19. The molecule has 0 spiro atoms. The first kappa shape index (κ1) is 21.0. The number of nitrogens with zero attached hydrogens (tertiary/aromatic N) is 4. The van der Waals surface area contributed by atoms with E-state index in [0.717, 1.165) is 52.9 Å². The number of carbonyl (C=O) groups excluding carboxylic acids is 1. The Kier molecular flexibility index (Phi) is 6.36. The highest BCUT2D eigenvalue weighted by Gasteiger charge is 2.22. The Bertz CT molecular complexity index is 1180. The van der Waals surface area contributed by atoms with Gasteiger partial charge in [-0.1, -0.05) is 66.4 Å². The second kappa shape index (κ2) is 9.71. The molecular weight excluding hydrogens is 436 g/mol. The molecular formula is C25H24N4OS2. The van der Waals surface area contributed by atoms with Crippen LogP contribution < -0.4 is 0 Å². The number of likely N-dealkylation sites (tertiary alicyclic amines) is 1. The zero-order chi connectivity index (χ0) is 21.8. The molecule has 0 unspecified atom stereocenters. The molecule has 5 nitrogen and oxygen atoms in total. The van der Waals surface area contributed by atoms with Crippen LogP contribution in [0.15, 0.2) is 77.3 Å². The van der Waals surface area contributed by atoms with Gasteiger partial charge in [0.1, 0.15) is 0 Å². The average molecular weight is 461 g/mol. The summed E-state index contributed by atoms with van der Waals surface area (Å²) in [5.74, 6) is 1.70. The van der Waals surface area contributed by atoms with Gasteiger partial charge in [-0.3, -0.25) is 9.36 Å². The lowest BCUT2D eigenvalue weighted by atomic mass is 10.1. The molecule has 2 aromatic carbocycles. The Hall–Kier alpha value is -2.90. The van der Waals surface area contributed by atoms with Gasteiger partial charge in [-0.25, -0.2) is 0 Å². The van der Waals surface area contributed by atoms with Crippen LogP contribution >= 0.6 is 23.1 Å². The number of thioether (sulfide) groups is 1. The van der Waals surface area contributed by atoms with E-state index in [1.54, 1.807) is 23.1 Å². The molecule has 0 saturated carbocycles. The molecule has 162 valence electrons. The maximum atomic E-state index is 13.0. The highest BCUT2D eigenvalue weighted by molar-refractivity contribution is 7.98. The topological polar surface area (TPSA) is 51.0 Å². The Morgan fingerprint density at radius 3 is 2.50 bits per heavy atom. The predicted molar refractivity (Wildman–Crippen MR) is 130 cm³/mol. The highest BCUT2D eigenvalue weighted by Crippen LogP contribution is 2.30. The lowest BCUT2D eigenvalue weighted by Gasteiger charge is -2.17. The Morgan fingerprint density at radius 2 is 1.72 bits per heavy atom. The molecule has 1 fully saturated rings. The third kappa shape index (κ3) is 4.49. The zero-order valence-electron chi connectivity index (χ0n) is 17.7. The molecule has 0 radical (unpaired) electrons. The number of carbonyl (C=O) groups is 1. The van der Waals surface area contributed by atoms with Crippen molar-refractivity contribution in [1.29, 1.82) is 0 Å². The molecule has 1 aliphatic rings. The van der Waals surface area contributed by atoms with E-state index in [9.17, 15) is 4.79 Å². The van der Waals surface area contributed by atoms with Gasteiger partial charge in [0, 0.05) is 24.4 Å². The summed E-state index contributed by atoms with van der Waals surface area (Å²) < 4.78 is 2.18. The number of hydrogen-bond acceptors (Lipinski definition) is 5. The number of amides is 1. The Balaban J connectivity index is 1.41. The quantitative estimate of drug-likeness (QED) is 0.338. The standard InChI is InChI=1S/C25H24N4OS2/c30-24(28-14-6-7-15-28)21-12-5-4-11-20(21)18-32-25-27-26-23(22-13-8-16-31-22)29(25)17-19-9-2-1-3-10-19/h1-5,8-13,16H,6-7,14-15,17-18H2. The molecule has 1 amide bonds. The molecule has 32 heavy (non-hydrogen) atoms. The maximum Gasteiger partial charge on any atom is 0.254 e. The molecule has 7 heteroatoms. The molecule has 5 rings (SSSR count). The van der Waals surface area contributed by atoms with Crippen LogP contribution in [0.2, 0.25) is 0 Å². The normalized spacial score (nSPS) is 13.6. The van der Waals surface area contributed by atoms with Crippen LogP contribution in [0.4, 0.5) is 0 Å². The molecule has 0 N–H and O–H groups in total. The Labute approximate surface area is 196 Å². The summed E-state index contributed by atoms with van der Waals surface area (Å²) in [7, 11) is 0. The van der Waals surface area contributed by atoms with E-state index in [0.29, 0.717) is 12.3 Å². The summed E-state index contributed by atoms with van der Waals surface area (Å²) in [6.45, 7) is 2.42. The monoisotopic (exact) mass is 460 g/mol. The molecule has 0 bridgehead atoms. The fourth-order valence-electron chi connectivity index (χ4n) is 3.98. The average Bonchev–Trinajstić information content (AvgIpc) is 3.60. The van der Waals surface area contributed by atoms with Crippen molar-refractivity contribution in [2.75, 3.05) is 13.1 Å². The van der Waals surface area contributed by atoms with Crippen molar-refractivity contribution in [3.8, 4) is 10.7 Å². The molecule has 2 aromatic heterocycles. The second-order valence-electron chi connectivity index (χ2n) is 7.80. The number of aromatic nitrogens is 3. The van der Waals surface area contributed by atoms with E-state index in [1.165, 1.54) is 5.56 Å². The van der Waals surface area contributed by atoms with Gasteiger partial charge in [-0.15, -0.1) is 21.5 Å². The Morgan fingerprint density at radius 1 is 0.938 bits per heavy atom. The number of hydrogen-bond donors (Lipinski definition) is 0. The fraction of sp³-hybridized carbons (Fsp3) is 0.240. The van der Waals surface area contributed by atoms with Crippen LogP contribution in [0, 0.1) is 0 Å².